The Morgan fingerprint density at radius 2 is 1.88 bits per heavy atom. The number of carbonyl (C=O) groups excluding carboxylic acids is 2. The van der Waals surface area contributed by atoms with E-state index >= 15 is 0 Å². The Morgan fingerprint density at radius 1 is 1.19 bits per heavy atom. The molecule has 1 aliphatic rings. The summed E-state index contributed by atoms with van der Waals surface area (Å²) in [5.74, 6) is -2.22. The third-order valence-corrected chi connectivity index (χ3v) is 2.87. The minimum Gasteiger partial charge on any atom is -0.302 e. The van der Waals surface area contributed by atoms with E-state index in [1.54, 1.807) is 0 Å². The lowest BCUT2D eigenvalue weighted by Gasteiger charge is -2.15. The molecule has 0 bridgehead atoms. The summed E-state index contributed by atoms with van der Waals surface area (Å²) in [7, 11) is 0. The molecule has 2 rings (SSSR count). The van der Waals surface area contributed by atoms with E-state index in [2.05, 4.69) is 15.9 Å². The number of amides is 1. The molecule has 1 amide bonds. The van der Waals surface area contributed by atoms with Crippen LogP contribution in [0.4, 0.5) is 14.5 Å². The molecule has 0 aliphatic carbocycles. The number of carbonyl (C=O) groups is 2. The van der Waals surface area contributed by atoms with Gasteiger partial charge in [-0.05, 0) is 22.0 Å². The first-order valence-corrected chi connectivity index (χ1v) is 5.25. The Kier molecular flexibility index (Phi) is 2.75. The molecule has 84 valence electrons. The van der Waals surface area contributed by atoms with Crippen molar-refractivity contribution in [1.29, 1.82) is 0 Å². The summed E-state index contributed by atoms with van der Waals surface area (Å²) in [5, 5.41) is 0. The molecule has 1 aliphatic heterocycles. The average molecular weight is 290 g/mol. The smallest absolute Gasteiger partial charge is 0.235 e. The summed E-state index contributed by atoms with van der Waals surface area (Å²) in [6.07, 6.45) is -0.253. The highest BCUT2D eigenvalue weighted by atomic mass is 79.9. The lowest BCUT2D eigenvalue weighted by Crippen LogP contribution is -2.25. The van der Waals surface area contributed by atoms with Crippen LogP contribution in [0.25, 0.3) is 0 Å². The van der Waals surface area contributed by atoms with Crippen molar-refractivity contribution in [2.45, 2.75) is 6.42 Å². The predicted octanol–water partition coefficient (Wildman–Crippen LogP) is 2.03. The fraction of sp³-hybridized carbons (Fsp3) is 0.200. The van der Waals surface area contributed by atoms with Crippen LogP contribution in [0, 0.1) is 11.6 Å². The second kappa shape index (κ2) is 3.93. The van der Waals surface area contributed by atoms with Crippen LogP contribution in [0.3, 0.4) is 0 Å². The quantitative estimate of drug-likeness (QED) is 0.586. The molecule has 6 heteroatoms. The van der Waals surface area contributed by atoms with Crippen molar-refractivity contribution in [2.75, 3.05) is 11.4 Å². The van der Waals surface area contributed by atoms with Gasteiger partial charge in [-0.15, -0.1) is 0 Å². The first-order valence-electron chi connectivity index (χ1n) is 4.45. The third-order valence-electron chi connectivity index (χ3n) is 2.26. The van der Waals surface area contributed by atoms with Crippen LogP contribution in [0.5, 0.6) is 0 Å². The first-order chi connectivity index (χ1) is 7.49. The van der Waals surface area contributed by atoms with Crippen LogP contribution in [0.1, 0.15) is 6.42 Å². The van der Waals surface area contributed by atoms with Gasteiger partial charge >= 0.3 is 0 Å². The van der Waals surface area contributed by atoms with E-state index < -0.39 is 17.5 Å². The molecule has 0 atom stereocenters. The summed E-state index contributed by atoms with van der Waals surface area (Å²) in [6.45, 7) is -0.198. The highest BCUT2D eigenvalue weighted by molar-refractivity contribution is 9.10. The van der Waals surface area contributed by atoms with E-state index in [0.717, 1.165) is 17.0 Å². The lowest BCUT2D eigenvalue weighted by molar-refractivity contribution is -0.121. The standard InChI is InChI=1S/C10H6BrF2NO2/c11-6-2-8(13)9(3-7(6)12)14-4-5(15)1-10(14)16/h2-3H,1,4H2. The van der Waals surface area contributed by atoms with Gasteiger partial charge in [0.25, 0.3) is 0 Å². The Bertz CT molecular complexity index is 490. The number of benzene rings is 1. The summed E-state index contributed by atoms with van der Waals surface area (Å²) in [6, 6.07) is 1.83. The number of Topliss-reactive ketones (excluding diaryl/α,β-unsaturated/α-hetero) is 1. The molecule has 0 saturated carbocycles. The van der Waals surface area contributed by atoms with E-state index in [1.165, 1.54) is 0 Å². The van der Waals surface area contributed by atoms with Crippen molar-refractivity contribution in [3.05, 3.63) is 28.2 Å². The summed E-state index contributed by atoms with van der Waals surface area (Å²) < 4.78 is 26.7. The van der Waals surface area contributed by atoms with Crippen molar-refractivity contribution in [2.24, 2.45) is 0 Å². The van der Waals surface area contributed by atoms with Crippen molar-refractivity contribution in [3.63, 3.8) is 0 Å². The fourth-order valence-corrected chi connectivity index (χ4v) is 1.84. The molecule has 0 spiro atoms. The van der Waals surface area contributed by atoms with Crippen molar-refractivity contribution >= 4 is 33.3 Å². The second-order valence-electron chi connectivity index (χ2n) is 3.41. The summed E-state index contributed by atoms with van der Waals surface area (Å²) >= 11 is 2.83. The number of rotatable bonds is 1. The van der Waals surface area contributed by atoms with Gasteiger partial charge in [-0.2, -0.15) is 0 Å². The topological polar surface area (TPSA) is 37.4 Å². The average Bonchev–Trinajstić information content (AvgIpc) is 2.51. The Morgan fingerprint density at radius 3 is 2.44 bits per heavy atom. The molecular weight excluding hydrogens is 284 g/mol. The van der Waals surface area contributed by atoms with Gasteiger partial charge in [0.2, 0.25) is 5.91 Å². The molecule has 1 saturated heterocycles. The number of nitrogens with zero attached hydrogens (tertiary/aromatic N) is 1. The van der Waals surface area contributed by atoms with Crippen LogP contribution in [0.2, 0.25) is 0 Å². The van der Waals surface area contributed by atoms with Crippen LogP contribution >= 0.6 is 15.9 Å². The SMILES string of the molecule is O=C1CC(=O)N(c2cc(F)c(Br)cc2F)C1. The molecule has 0 unspecified atom stereocenters. The van der Waals surface area contributed by atoms with Crippen molar-refractivity contribution in [1.82, 2.24) is 0 Å². The molecule has 16 heavy (non-hydrogen) atoms. The normalized spacial score (nSPS) is 16.1. The minimum atomic E-state index is -0.740. The molecule has 0 radical (unpaired) electrons. The van der Waals surface area contributed by atoms with E-state index in [0.29, 0.717) is 0 Å². The van der Waals surface area contributed by atoms with Gasteiger partial charge in [0, 0.05) is 6.07 Å². The molecule has 3 nitrogen and oxygen atoms in total. The first kappa shape index (κ1) is 11.2. The number of halogens is 3. The Hall–Kier alpha value is -1.30. The van der Waals surface area contributed by atoms with Gasteiger partial charge in [-0.1, -0.05) is 0 Å². The van der Waals surface area contributed by atoms with Crippen LogP contribution in [0.15, 0.2) is 16.6 Å². The number of ketones is 1. The number of anilines is 1. The van der Waals surface area contributed by atoms with E-state index in [4.69, 9.17) is 0 Å². The van der Waals surface area contributed by atoms with Gasteiger partial charge in [-0.3, -0.25) is 9.59 Å². The second-order valence-corrected chi connectivity index (χ2v) is 4.27. The largest absolute Gasteiger partial charge is 0.302 e. The zero-order valence-corrected chi connectivity index (χ0v) is 9.55. The maximum atomic E-state index is 13.5. The molecule has 1 fully saturated rings. The Balaban J connectivity index is 2.45. The van der Waals surface area contributed by atoms with E-state index in [-0.39, 0.29) is 28.9 Å². The minimum absolute atomic E-state index is 0.0216. The predicted molar refractivity (Wildman–Crippen MR) is 56.0 cm³/mol. The van der Waals surface area contributed by atoms with Crippen LogP contribution in [-0.2, 0) is 9.59 Å². The van der Waals surface area contributed by atoms with Crippen LogP contribution < -0.4 is 4.90 Å². The fourth-order valence-electron chi connectivity index (χ4n) is 1.52. The van der Waals surface area contributed by atoms with Gasteiger partial charge in [0.1, 0.15) is 11.6 Å². The van der Waals surface area contributed by atoms with Gasteiger partial charge in [0.15, 0.2) is 5.78 Å². The molecular formula is C10H6BrF2NO2. The summed E-state index contributed by atoms with van der Waals surface area (Å²) in [5.41, 5.74) is -0.198. The molecule has 1 aromatic carbocycles. The zero-order valence-electron chi connectivity index (χ0n) is 7.97. The highest BCUT2D eigenvalue weighted by Crippen LogP contribution is 2.28. The van der Waals surface area contributed by atoms with Crippen molar-refractivity contribution in [3.8, 4) is 0 Å². The number of hydrogen-bond acceptors (Lipinski definition) is 2. The monoisotopic (exact) mass is 289 g/mol. The molecule has 1 aromatic rings. The lowest BCUT2D eigenvalue weighted by atomic mass is 10.2. The number of hydrogen-bond donors (Lipinski definition) is 0. The molecule has 0 aromatic heterocycles. The van der Waals surface area contributed by atoms with Crippen LogP contribution in [-0.4, -0.2) is 18.2 Å². The molecule has 0 N–H and O–H groups in total. The summed E-state index contributed by atoms with van der Waals surface area (Å²) in [4.78, 5) is 23.3. The van der Waals surface area contributed by atoms with Gasteiger partial charge in [-0.25, -0.2) is 8.78 Å². The van der Waals surface area contributed by atoms with E-state index in [9.17, 15) is 18.4 Å². The molecule has 1 heterocycles. The maximum absolute atomic E-state index is 13.5. The van der Waals surface area contributed by atoms with Crippen molar-refractivity contribution < 1.29 is 18.4 Å². The third kappa shape index (κ3) is 1.84. The maximum Gasteiger partial charge on any atom is 0.235 e. The van der Waals surface area contributed by atoms with Gasteiger partial charge in [0.05, 0.1) is 23.1 Å². The highest BCUT2D eigenvalue weighted by Gasteiger charge is 2.30. The van der Waals surface area contributed by atoms with E-state index in [1.807, 2.05) is 0 Å². The zero-order chi connectivity index (χ0) is 11.9. The van der Waals surface area contributed by atoms with Gasteiger partial charge < -0.3 is 4.90 Å². The Labute approximate surface area is 98.2 Å².